The highest BCUT2D eigenvalue weighted by Gasteiger charge is 2.50. The fraction of sp³-hybridized carbons (Fsp3) is 0.444. The summed E-state index contributed by atoms with van der Waals surface area (Å²) >= 11 is 0. The molecule has 0 saturated heterocycles. The number of amides is 2. The van der Waals surface area contributed by atoms with Crippen LogP contribution in [-0.2, 0) is 14.3 Å². The predicted octanol–water partition coefficient (Wildman–Crippen LogP) is 3.92. The first-order chi connectivity index (χ1) is 16.5. The van der Waals surface area contributed by atoms with Gasteiger partial charge in [-0.1, -0.05) is 55.5 Å². The minimum absolute atomic E-state index is 0.0137. The van der Waals surface area contributed by atoms with Crippen molar-refractivity contribution >= 4 is 18.0 Å². The summed E-state index contributed by atoms with van der Waals surface area (Å²) in [5, 5.41) is 15.0. The lowest BCUT2D eigenvalue weighted by Gasteiger charge is -2.41. The monoisotopic (exact) mass is 462 g/mol. The maximum Gasteiger partial charge on any atom is 0.407 e. The van der Waals surface area contributed by atoms with Crippen LogP contribution in [0.3, 0.4) is 0 Å². The number of ether oxygens (including phenoxy) is 1. The highest BCUT2D eigenvalue weighted by Crippen LogP contribution is 2.49. The zero-order chi connectivity index (χ0) is 23.8. The van der Waals surface area contributed by atoms with Crippen LogP contribution in [0, 0.1) is 17.8 Å². The van der Waals surface area contributed by atoms with Gasteiger partial charge in [-0.3, -0.25) is 9.59 Å². The molecule has 7 nitrogen and oxygen atoms in total. The Labute approximate surface area is 198 Å². The Kier molecular flexibility index (Phi) is 6.02. The molecule has 0 bridgehead atoms. The number of alkyl carbamates (subject to hydrolysis) is 1. The van der Waals surface area contributed by atoms with E-state index in [2.05, 4.69) is 34.9 Å². The summed E-state index contributed by atoms with van der Waals surface area (Å²) in [5.74, 6) is -0.735. The lowest BCUT2D eigenvalue weighted by atomic mass is 9.71. The lowest BCUT2D eigenvalue weighted by molar-refractivity contribution is -0.141. The van der Waals surface area contributed by atoms with Crippen molar-refractivity contribution in [3.05, 3.63) is 59.7 Å². The van der Waals surface area contributed by atoms with Crippen molar-refractivity contribution in [2.45, 2.75) is 50.6 Å². The van der Waals surface area contributed by atoms with Crippen molar-refractivity contribution in [3.8, 4) is 11.1 Å². The molecule has 3 N–H and O–H groups in total. The second kappa shape index (κ2) is 9.12. The molecule has 0 aromatic heterocycles. The van der Waals surface area contributed by atoms with Gasteiger partial charge in [-0.25, -0.2) is 4.79 Å². The molecule has 2 amide bonds. The highest BCUT2D eigenvalue weighted by molar-refractivity contribution is 5.86. The number of nitrogens with one attached hydrogen (secondary N) is 2. The van der Waals surface area contributed by atoms with Crippen LogP contribution in [0.25, 0.3) is 11.1 Å². The standard InChI is InChI=1S/C27H30N2O5/c1-2-23(25(30)28-24-13-15-11-16(26(31)32)12-21(15)24)29-27(33)34-14-22-19-9-5-3-7-17(19)18-8-4-6-10-20(18)22/h3-10,15-16,21-24H,2,11-14H2,1H3,(H,28,30)(H,29,33)(H,31,32)/t15-,16?,21-,23+,24+/m0/s1. The Morgan fingerprint density at radius 3 is 2.26 bits per heavy atom. The Morgan fingerprint density at radius 1 is 1.00 bits per heavy atom. The molecule has 0 radical (unpaired) electrons. The molecule has 3 aliphatic carbocycles. The molecule has 0 spiro atoms. The van der Waals surface area contributed by atoms with Crippen LogP contribution in [0.4, 0.5) is 4.79 Å². The van der Waals surface area contributed by atoms with Crippen LogP contribution >= 0.6 is 0 Å². The summed E-state index contributed by atoms with van der Waals surface area (Å²) in [7, 11) is 0. The number of carboxylic acids is 1. The van der Waals surface area contributed by atoms with Crippen molar-refractivity contribution in [1.29, 1.82) is 0 Å². The van der Waals surface area contributed by atoms with E-state index in [0.717, 1.165) is 28.7 Å². The number of aliphatic carboxylic acids is 1. The third-order valence-electron chi connectivity index (χ3n) is 7.86. The molecule has 7 heteroatoms. The molecule has 0 heterocycles. The first-order valence-corrected chi connectivity index (χ1v) is 12.1. The van der Waals surface area contributed by atoms with Crippen molar-refractivity contribution in [2.24, 2.45) is 17.8 Å². The van der Waals surface area contributed by atoms with E-state index in [9.17, 15) is 19.5 Å². The summed E-state index contributed by atoms with van der Waals surface area (Å²) in [5.41, 5.74) is 4.59. The van der Waals surface area contributed by atoms with Gasteiger partial charge < -0.3 is 20.5 Å². The third kappa shape index (κ3) is 4.04. The number of rotatable bonds is 7. The average Bonchev–Trinajstić information content (AvgIpc) is 3.34. The van der Waals surface area contributed by atoms with E-state index in [1.165, 1.54) is 0 Å². The van der Waals surface area contributed by atoms with Gasteiger partial charge in [0.15, 0.2) is 0 Å². The molecule has 178 valence electrons. The van der Waals surface area contributed by atoms with Gasteiger partial charge in [-0.2, -0.15) is 0 Å². The number of hydrogen-bond donors (Lipinski definition) is 3. The molecule has 2 aromatic carbocycles. The van der Waals surface area contributed by atoms with Gasteiger partial charge in [0, 0.05) is 12.0 Å². The SMILES string of the molecule is CC[C@@H](NC(=O)OCC1c2ccccc2-c2ccccc21)C(=O)N[C@@H]1C[C@@H]2CC(C(=O)O)C[C@@H]21. The Bertz CT molecular complexity index is 1070. The van der Waals surface area contributed by atoms with Crippen LogP contribution in [-0.4, -0.2) is 41.8 Å². The molecule has 1 unspecified atom stereocenters. The zero-order valence-electron chi connectivity index (χ0n) is 19.2. The van der Waals surface area contributed by atoms with Gasteiger partial charge in [0.1, 0.15) is 12.6 Å². The minimum Gasteiger partial charge on any atom is -0.481 e. The maximum absolute atomic E-state index is 12.8. The number of benzene rings is 2. The molecule has 5 rings (SSSR count). The lowest BCUT2D eigenvalue weighted by Crippen LogP contribution is -2.55. The van der Waals surface area contributed by atoms with E-state index in [0.29, 0.717) is 25.2 Å². The van der Waals surface area contributed by atoms with E-state index in [1.807, 2.05) is 31.2 Å². The van der Waals surface area contributed by atoms with Crippen molar-refractivity contribution in [2.75, 3.05) is 6.61 Å². The molecular weight excluding hydrogens is 432 g/mol. The molecule has 5 atom stereocenters. The minimum atomic E-state index is -0.747. The van der Waals surface area contributed by atoms with Crippen molar-refractivity contribution in [1.82, 2.24) is 10.6 Å². The second-order valence-corrected chi connectivity index (χ2v) is 9.71. The van der Waals surface area contributed by atoms with Crippen LogP contribution in [0.15, 0.2) is 48.5 Å². The topological polar surface area (TPSA) is 105 Å². The normalized spacial score (nSPS) is 25.3. The summed E-state index contributed by atoms with van der Waals surface area (Å²) in [6.07, 6.45) is 1.95. The van der Waals surface area contributed by atoms with E-state index >= 15 is 0 Å². The number of fused-ring (bicyclic) bond motifs is 4. The fourth-order valence-electron chi connectivity index (χ4n) is 6.01. The van der Waals surface area contributed by atoms with Crippen LogP contribution in [0.2, 0.25) is 0 Å². The highest BCUT2D eigenvalue weighted by atomic mass is 16.5. The van der Waals surface area contributed by atoms with Crippen LogP contribution in [0.1, 0.15) is 49.7 Å². The Hall–Kier alpha value is -3.35. The number of carbonyl (C=O) groups excluding carboxylic acids is 2. The Morgan fingerprint density at radius 2 is 1.65 bits per heavy atom. The fourth-order valence-corrected chi connectivity index (χ4v) is 6.01. The summed E-state index contributed by atoms with van der Waals surface area (Å²) in [6, 6.07) is 15.6. The molecule has 0 aliphatic heterocycles. The van der Waals surface area contributed by atoms with Gasteiger partial charge in [0.2, 0.25) is 5.91 Å². The van der Waals surface area contributed by atoms with Gasteiger partial charge in [-0.05, 0) is 59.8 Å². The molecular formula is C27H30N2O5. The first kappa shape index (κ1) is 22.4. The van der Waals surface area contributed by atoms with E-state index in [1.54, 1.807) is 0 Å². The Balaban J connectivity index is 1.15. The van der Waals surface area contributed by atoms with E-state index < -0.39 is 18.1 Å². The summed E-state index contributed by atoms with van der Waals surface area (Å²) in [4.78, 5) is 36.7. The largest absolute Gasteiger partial charge is 0.481 e. The smallest absolute Gasteiger partial charge is 0.407 e. The van der Waals surface area contributed by atoms with Crippen molar-refractivity contribution in [3.63, 3.8) is 0 Å². The maximum atomic E-state index is 12.8. The summed E-state index contributed by atoms with van der Waals surface area (Å²) < 4.78 is 5.58. The average molecular weight is 463 g/mol. The third-order valence-corrected chi connectivity index (χ3v) is 7.86. The van der Waals surface area contributed by atoms with Crippen LogP contribution in [0.5, 0.6) is 0 Å². The van der Waals surface area contributed by atoms with Crippen molar-refractivity contribution < 1.29 is 24.2 Å². The summed E-state index contributed by atoms with van der Waals surface area (Å²) in [6.45, 7) is 2.04. The quantitative estimate of drug-likeness (QED) is 0.579. The molecule has 34 heavy (non-hydrogen) atoms. The van der Waals surface area contributed by atoms with E-state index in [4.69, 9.17) is 4.74 Å². The molecule has 2 saturated carbocycles. The first-order valence-electron chi connectivity index (χ1n) is 12.1. The number of carbonyl (C=O) groups is 3. The van der Waals surface area contributed by atoms with Gasteiger partial charge in [0.05, 0.1) is 5.92 Å². The number of carboxylic acid groups (broad SMARTS) is 1. The molecule has 2 aromatic rings. The predicted molar refractivity (Wildman–Crippen MR) is 126 cm³/mol. The van der Waals surface area contributed by atoms with Crippen LogP contribution < -0.4 is 10.6 Å². The second-order valence-electron chi connectivity index (χ2n) is 9.71. The van der Waals surface area contributed by atoms with Gasteiger partial charge >= 0.3 is 12.1 Å². The molecule has 3 aliphatic rings. The number of hydrogen-bond acceptors (Lipinski definition) is 4. The molecule has 2 fully saturated rings. The van der Waals surface area contributed by atoms with Gasteiger partial charge in [0.25, 0.3) is 0 Å². The van der Waals surface area contributed by atoms with Gasteiger partial charge in [-0.15, -0.1) is 0 Å². The zero-order valence-corrected chi connectivity index (χ0v) is 19.2. The van der Waals surface area contributed by atoms with E-state index in [-0.39, 0.29) is 36.3 Å².